The van der Waals surface area contributed by atoms with Gasteiger partial charge in [-0.15, -0.1) is 11.3 Å². The molecule has 8 heteroatoms. The van der Waals surface area contributed by atoms with Crippen molar-refractivity contribution < 1.29 is 17.9 Å². The second-order valence-corrected chi connectivity index (χ2v) is 8.68. The molecule has 0 bridgehead atoms. The van der Waals surface area contributed by atoms with E-state index in [9.17, 15) is 13.7 Å². The Labute approximate surface area is 153 Å². The average Bonchev–Trinajstić information content (AvgIpc) is 2.92. The molecule has 1 heterocycles. The molecule has 0 saturated heterocycles. The van der Waals surface area contributed by atoms with Gasteiger partial charge in [0.1, 0.15) is 22.4 Å². The quantitative estimate of drug-likeness (QED) is 0.645. The van der Waals surface area contributed by atoms with Crippen molar-refractivity contribution in [1.82, 2.24) is 0 Å². The number of hydrogen-bond acceptors (Lipinski definition) is 6. The Bertz CT molecular complexity index is 1110. The average molecular weight is 394 g/mol. The summed E-state index contributed by atoms with van der Waals surface area (Å²) in [5.74, 6) is 1.33. The number of methoxy groups -OCH3 is 1. The van der Waals surface area contributed by atoms with Crippen LogP contribution in [-0.2, 0) is 9.84 Å². The van der Waals surface area contributed by atoms with E-state index in [0.29, 0.717) is 37.2 Å². The van der Waals surface area contributed by atoms with Crippen LogP contribution in [0.2, 0.25) is 5.02 Å². The van der Waals surface area contributed by atoms with Crippen molar-refractivity contribution in [3.05, 3.63) is 46.3 Å². The molecule has 0 aliphatic rings. The van der Waals surface area contributed by atoms with Crippen molar-refractivity contribution in [1.29, 1.82) is 5.26 Å². The molecule has 2 aromatic carbocycles. The molecule has 3 aromatic rings. The van der Waals surface area contributed by atoms with Gasteiger partial charge < -0.3 is 9.47 Å². The molecule has 0 amide bonds. The van der Waals surface area contributed by atoms with Crippen molar-refractivity contribution >= 4 is 42.9 Å². The first-order valence-corrected chi connectivity index (χ1v) is 10.1. The molecular formula is C17H12ClNO4S2. The Morgan fingerprint density at radius 1 is 1.20 bits per heavy atom. The highest BCUT2D eigenvalue weighted by molar-refractivity contribution is 7.90. The van der Waals surface area contributed by atoms with Gasteiger partial charge in [0, 0.05) is 22.4 Å². The maximum absolute atomic E-state index is 11.7. The second-order valence-electron chi connectivity index (χ2n) is 5.20. The number of hydrogen-bond donors (Lipinski definition) is 0. The van der Waals surface area contributed by atoms with Crippen molar-refractivity contribution in [2.45, 2.75) is 4.90 Å². The van der Waals surface area contributed by atoms with Crippen LogP contribution in [0.1, 0.15) is 4.88 Å². The van der Waals surface area contributed by atoms with Gasteiger partial charge >= 0.3 is 0 Å². The van der Waals surface area contributed by atoms with Gasteiger partial charge in [-0.05, 0) is 30.3 Å². The monoisotopic (exact) mass is 393 g/mol. The second kappa shape index (κ2) is 6.56. The van der Waals surface area contributed by atoms with E-state index in [1.54, 1.807) is 30.3 Å². The third-order valence-corrected chi connectivity index (χ3v) is 5.94. The SMILES string of the molecule is COc1ccc(Oc2c(C#N)sc3cc(S(C)(=O)=O)ccc23)c(Cl)c1. The first-order chi connectivity index (χ1) is 11.8. The van der Waals surface area contributed by atoms with Crippen LogP contribution in [0.5, 0.6) is 17.2 Å². The minimum Gasteiger partial charge on any atom is -0.497 e. The maximum atomic E-state index is 11.7. The number of ether oxygens (including phenoxy) is 2. The van der Waals surface area contributed by atoms with Crippen LogP contribution in [0.4, 0.5) is 0 Å². The fourth-order valence-corrected chi connectivity index (χ4v) is 4.16. The molecule has 0 saturated carbocycles. The van der Waals surface area contributed by atoms with Crippen LogP contribution in [0.3, 0.4) is 0 Å². The molecular weight excluding hydrogens is 382 g/mol. The zero-order valence-electron chi connectivity index (χ0n) is 13.2. The van der Waals surface area contributed by atoms with E-state index in [-0.39, 0.29) is 4.90 Å². The molecule has 0 spiro atoms. The fourth-order valence-electron chi connectivity index (χ4n) is 2.26. The van der Waals surface area contributed by atoms with Crippen LogP contribution in [0.25, 0.3) is 10.1 Å². The Hall–Kier alpha value is -2.27. The first-order valence-electron chi connectivity index (χ1n) is 7.01. The summed E-state index contributed by atoms with van der Waals surface area (Å²) in [7, 11) is -1.80. The van der Waals surface area contributed by atoms with Crippen molar-refractivity contribution in [2.75, 3.05) is 13.4 Å². The number of halogens is 1. The fraction of sp³-hybridized carbons (Fsp3) is 0.118. The van der Waals surface area contributed by atoms with E-state index in [2.05, 4.69) is 6.07 Å². The van der Waals surface area contributed by atoms with E-state index in [1.807, 2.05) is 0 Å². The number of nitrogens with zero attached hydrogens (tertiary/aromatic N) is 1. The number of benzene rings is 2. The van der Waals surface area contributed by atoms with Crippen LogP contribution in [0, 0.1) is 11.3 Å². The van der Waals surface area contributed by atoms with Gasteiger partial charge in [-0.3, -0.25) is 0 Å². The molecule has 0 N–H and O–H groups in total. The molecule has 0 radical (unpaired) electrons. The summed E-state index contributed by atoms with van der Waals surface area (Å²) < 4.78 is 35.0. The highest BCUT2D eigenvalue weighted by Crippen LogP contribution is 2.42. The van der Waals surface area contributed by atoms with Crippen LogP contribution in [-0.4, -0.2) is 21.8 Å². The van der Waals surface area contributed by atoms with Crippen LogP contribution >= 0.6 is 22.9 Å². The molecule has 0 unspecified atom stereocenters. The topological polar surface area (TPSA) is 76.4 Å². The summed E-state index contributed by atoms with van der Waals surface area (Å²) in [6.45, 7) is 0. The van der Waals surface area contributed by atoms with Gasteiger partial charge in [-0.1, -0.05) is 11.6 Å². The van der Waals surface area contributed by atoms with Crippen LogP contribution < -0.4 is 9.47 Å². The van der Waals surface area contributed by atoms with Gasteiger partial charge in [0.05, 0.1) is 17.0 Å². The van der Waals surface area contributed by atoms with Crippen LogP contribution in [0.15, 0.2) is 41.3 Å². The highest BCUT2D eigenvalue weighted by Gasteiger charge is 2.18. The minimum atomic E-state index is -3.33. The molecule has 25 heavy (non-hydrogen) atoms. The summed E-state index contributed by atoms with van der Waals surface area (Å²) in [4.78, 5) is 0.535. The molecule has 0 atom stereocenters. The smallest absolute Gasteiger partial charge is 0.175 e. The summed E-state index contributed by atoms with van der Waals surface area (Å²) in [6, 6.07) is 11.7. The first kappa shape index (κ1) is 17.5. The standard InChI is InChI=1S/C17H12ClNO4S2/c1-22-10-3-6-14(13(18)7-10)23-17-12-5-4-11(25(2,20)21)8-15(12)24-16(17)9-19/h3-8H,1-2H3. The van der Waals surface area contributed by atoms with E-state index in [0.717, 1.165) is 6.26 Å². The molecule has 5 nitrogen and oxygen atoms in total. The zero-order valence-corrected chi connectivity index (χ0v) is 15.6. The lowest BCUT2D eigenvalue weighted by Crippen LogP contribution is -1.95. The minimum absolute atomic E-state index is 0.194. The van der Waals surface area contributed by atoms with E-state index in [4.69, 9.17) is 21.1 Å². The van der Waals surface area contributed by atoms with Gasteiger partial charge in [-0.25, -0.2) is 8.42 Å². The molecule has 0 aliphatic carbocycles. The van der Waals surface area contributed by atoms with E-state index < -0.39 is 9.84 Å². The van der Waals surface area contributed by atoms with Crippen molar-refractivity contribution in [3.63, 3.8) is 0 Å². The Morgan fingerprint density at radius 3 is 2.56 bits per heavy atom. The number of sulfone groups is 1. The zero-order chi connectivity index (χ0) is 18.2. The largest absolute Gasteiger partial charge is 0.497 e. The van der Waals surface area contributed by atoms with Crippen molar-refractivity contribution in [3.8, 4) is 23.3 Å². The molecule has 128 valence electrons. The van der Waals surface area contributed by atoms with Crippen molar-refractivity contribution in [2.24, 2.45) is 0 Å². The van der Waals surface area contributed by atoms with E-state index >= 15 is 0 Å². The lowest BCUT2D eigenvalue weighted by atomic mass is 10.2. The van der Waals surface area contributed by atoms with Gasteiger partial charge in [-0.2, -0.15) is 5.26 Å². The number of nitriles is 1. The van der Waals surface area contributed by atoms with E-state index in [1.165, 1.54) is 24.5 Å². The summed E-state index contributed by atoms with van der Waals surface area (Å²) in [5, 5.41) is 10.4. The van der Waals surface area contributed by atoms with Gasteiger partial charge in [0.15, 0.2) is 15.6 Å². The number of rotatable bonds is 4. The summed E-state index contributed by atoms with van der Waals surface area (Å²) in [6.07, 6.45) is 1.14. The molecule has 0 fully saturated rings. The Kier molecular flexibility index (Phi) is 4.60. The molecule has 3 rings (SSSR count). The lowest BCUT2D eigenvalue weighted by Gasteiger charge is -2.09. The van der Waals surface area contributed by atoms with Gasteiger partial charge in [0.25, 0.3) is 0 Å². The number of fused-ring (bicyclic) bond motifs is 1. The van der Waals surface area contributed by atoms with Gasteiger partial charge in [0.2, 0.25) is 0 Å². The lowest BCUT2D eigenvalue weighted by molar-refractivity contribution is 0.413. The predicted octanol–water partition coefficient (Wildman–Crippen LogP) is 4.63. The highest BCUT2D eigenvalue weighted by atomic mass is 35.5. The number of thiophene rings is 1. The summed E-state index contributed by atoms with van der Waals surface area (Å²) in [5.41, 5.74) is 0. The third-order valence-electron chi connectivity index (χ3n) is 3.50. The maximum Gasteiger partial charge on any atom is 0.175 e. The Morgan fingerprint density at radius 2 is 1.96 bits per heavy atom. The molecule has 1 aromatic heterocycles. The Balaban J connectivity index is 2.11. The third kappa shape index (κ3) is 3.42. The molecule has 0 aliphatic heterocycles. The summed E-state index contributed by atoms with van der Waals surface area (Å²) >= 11 is 7.36. The normalized spacial score (nSPS) is 11.3. The predicted molar refractivity (Wildman–Crippen MR) is 97.7 cm³/mol.